The van der Waals surface area contributed by atoms with Crippen LogP contribution < -0.4 is 0 Å². The summed E-state index contributed by atoms with van der Waals surface area (Å²) in [6.07, 6.45) is 58.6. The summed E-state index contributed by atoms with van der Waals surface area (Å²) in [7, 11) is 0. The molecule has 0 amide bonds. The molecule has 0 aromatic carbocycles. The molecular formula is C48H78O6. The molecular weight excluding hydrogens is 673 g/mol. The molecule has 0 aliphatic rings. The Hall–Kier alpha value is -3.48. The molecule has 2 unspecified atom stereocenters. The van der Waals surface area contributed by atoms with Crippen molar-refractivity contribution in [3.05, 3.63) is 109 Å². The summed E-state index contributed by atoms with van der Waals surface area (Å²) in [5, 5.41) is 17.7. The maximum absolute atomic E-state index is 10.8. The van der Waals surface area contributed by atoms with Crippen LogP contribution in [0.5, 0.6) is 0 Å². The van der Waals surface area contributed by atoms with Crippen molar-refractivity contribution in [2.24, 2.45) is 0 Å². The Kier molecular flexibility index (Phi) is 44.5. The number of ether oxygens (including phenoxy) is 2. The highest BCUT2D eigenvalue weighted by Gasteiger charge is 2.15. The smallest absolute Gasteiger partial charge is 0.332 e. The normalized spacial score (nSPS) is 13.7. The van der Waals surface area contributed by atoms with E-state index in [-0.39, 0.29) is 0 Å². The number of hydrogen-bond donors (Lipinski definition) is 2. The molecule has 0 aromatic heterocycles. The Bertz CT molecular complexity index is 1100. The third-order valence-corrected chi connectivity index (χ3v) is 8.08. The van der Waals surface area contributed by atoms with Crippen LogP contribution in [0, 0.1) is 0 Å². The fourth-order valence-electron chi connectivity index (χ4n) is 4.84. The quantitative estimate of drug-likeness (QED) is 0.0495. The Morgan fingerprint density at radius 2 is 0.685 bits per heavy atom. The molecule has 0 fully saturated rings. The van der Waals surface area contributed by atoms with Crippen LogP contribution in [0.15, 0.2) is 109 Å². The molecule has 306 valence electrons. The highest BCUT2D eigenvalue weighted by atomic mass is 16.5. The second kappa shape index (κ2) is 45.7. The lowest BCUT2D eigenvalue weighted by Crippen LogP contribution is -2.23. The molecule has 0 radical (unpaired) electrons. The molecule has 0 bridgehead atoms. The van der Waals surface area contributed by atoms with Gasteiger partial charge in [-0.15, -0.1) is 0 Å². The topological polar surface area (TPSA) is 93.1 Å². The van der Waals surface area contributed by atoms with E-state index in [1.807, 2.05) is 13.8 Å². The number of carboxylic acid groups (broad SMARTS) is 2. The van der Waals surface area contributed by atoms with Crippen molar-refractivity contribution in [1.82, 2.24) is 0 Å². The fraction of sp³-hybridized carbons (Fsp3) is 0.583. The summed E-state index contributed by atoms with van der Waals surface area (Å²) in [5.74, 6) is -1.73. The van der Waals surface area contributed by atoms with Crippen LogP contribution in [0.25, 0.3) is 0 Å². The summed E-state index contributed by atoms with van der Waals surface area (Å²) in [4.78, 5) is 21.6. The minimum atomic E-state index is -0.865. The third kappa shape index (κ3) is 42.9. The monoisotopic (exact) mass is 751 g/mol. The fourth-order valence-corrected chi connectivity index (χ4v) is 4.84. The number of rotatable bonds is 35. The maximum atomic E-state index is 10.8. The zero-order chi connectivity index (χ0) is 40.0. The lowest BCUT2D eigenvalue weighted by molar-refractivity contribution is -0.151. The first-order valence-electron chi connectivity index (χ1n) is 21.0. The lowest BCUT2D eigenvalue weighted by atomic mass is 10.2. The van der Waals surface area contributed by atoms with Gasteiger partial charge in [-0.2, -0.15) is 0 Å². The van der Waals surface area contributed by atoms with Gasteiger partial charge in [-0.25, -0.2) is 9.59 Å². The van der Waals surface area contributed by atoms with Crippen LogP contribution in [0.1, 0.15) is 156 Å². The Morgan fingerprint density at radius 3 is 0.944 bits per heavy atom. The molecule has 2 N–H and O–H groups in total. The van der Waals surface area contributed by atoms with E-state index in [1.54, 1.807) is 0 Å². The highest BCUT2D eigenvalue weighted by Crippen LogP contribution is 2.06. The van der Waals surface area contributed by atoms with Crippen molar-refractivity contribution in [3.63, 3.8) is 0 Å². The summed E-state index contributed by atoms with van der Waals surface area (Å²) < 4.78 is 10.7. The average molecular weight is 751 g/mol. The number of allylic oxidation sites excluding steroid dienone is 18. The molecule has 0 saturated heterocycles. The summed E-state index contributed by atoms with van der Waals surface area (Å²) >= 11 is 0. The van der Waals surface area contributed by atoms with Gasteiger partial charge in [-0.05, 0) is 116 Å². The summed E-state index contributed by atoms with van der Waals surface area (Å²) in [6, 6.07) is 0. The van der Waals surface area contributed by atoms with Crippen molar-refractivity contribution in [1.29, 1.82) is 0 Å². The van der Waals surface area contributed by atoms with Gasteiger partial charge in [0.1, 0.15) is 0 Å². The van der Waals surface area contributed by atoms with E-state index < -0.39 is 24.1 Å². The van der Waals surface area contributed by atoms with Crippen molar-refractivity contribution >= 4 is 11.9 Å². The van der Waals surface area contributed by atoms with Gasteiger partial charge < -0.3 is 19.7 Å². The number of carboxylic acids is 2. The molecule has 6 heteroatoms. The van der Waals surface area contributed by atoms with Crippen LogP contribution in [0.2, 0.25) is 0 Å². The number of hydrogen-bond acceptors (Lipinski definition) is 4. The van der Waals surface area contributed by atoms with Gasteiger partial charge in [-0.3, -0.25) is 0 Å². The van der Waals surface area contributed by atoms with Gasteiger partial charge in [0.25, 0.3) is 0 Å². The van der Waals surface area contributed by atoms with Crippen LogP contribution in [-0.4, -0.2) is 47.6 Å². The van der Waals surface area contributed by atoms with Gasteiger partial charge >= 0.3 is 11.9 Å². The first kappa shape index (κ1) is 52.6. The largest absolute Gasteiger partial charge is 0.479 e. The van der Waals surface area contributed by atoms with Crippen molar-refractivity contribution in [2.75, 3.05) is 13.2 Å². The average Bonchev–Trinajstić information content (AvgIpc) is 3.16. The predicted molar refractivity (Wildman–Crippen MR) is 232 cm³/mol. The van der Waals surface area contributed by atoms with E-state index in [0.29, 0.717) is 26.1 Å². The van der Waals surface area contributed by atoms with Crippen LogP contribution in [0.3, 0.4) is 0 Å². The van der Waals surface area contributed by atoms with E-state index >= 15 is 0 Å². The Labute approximate surface area is 331 Å². The molecule has 0 spiro atoms. The van der Waals surface area contributed by atoms with Crippen LogP contribution in [-0.2, 0) is 19.1 Å². The van der Waals surface area contributed by atoms with Gasteiger partial charge in [-0.1, -0.05) is 150 Å². The zero-order valence-corrected chi connectivity index (χ0v) is 34.6. The van der Waals surface area contributed by atoms with Crippen molar-refractivity contribution in [2.45, 2.75) is 168 Å². The van der Waals surface area contributed by atoms with E-state index in [4.69, 9.17) is 19.7 Å². The molecule has 0 rings (SSSR count). The minimum absolute atomic E-state index is 0.518. The van der Waals surface area contributed by atoms with Gasteiger partial charge in [0, 0.05) is 13.2 Å². The van der Waals surface area contributed by atoms with E-state index in [9.17, 15) is 9.59 Å². The Balaban J connectivity index is 0. The van der Waals surface area contributed by atoms with Crippen LogP contribution >= 0.6 is 0 Å². The minimum Gasteiger partial charge on any atom is -0.479 e. The summed E-state index contributed by atoms with van der Waals surface area (Å²) in [5.41, 5.74) is 0. The molecule has 0 aliphatic carbocycles. The molecule has 54 heavy (non-hydrogen) atoms. The van der Waals surface area contributed by atoms with Gasteiger partial charge in [0.15, 0.2) is 12.2 Å². The van der Waals surface area contributed by atoms with E-state index in [0.717, 1.165) is 89.9 Å². The second-order valence-corrected chi connectivity index (χ2v) is 13.0. The predicted octanol–water partition coefficient (Wildman–Crippen LogP) is 13.8. The number of unbranched alkanes of at least 4 members (excludes halogenated alkanes) is 7. The maximum Gasteiger partial charge on any atom is 0.332 e. The first-order valence-corrected chi connectivity index (χ1v) is 21.0. The second-order valence-electron chi connectivity index (χ2n) is 13.0. The number of aliphatic carboxylic acids is 2. The van der Waals surface area contributed by atoms with Crippen LogP contribution in [0.4, 0.5) is 0 Å². The Morgan fingerprint density at radius 1 is 0.407 bits per heavy atom. The van der Waals surface area contributed by atoms with E-state index in [2.05, 4.69) is 123 Å². The van der Waals surface area contributed by atoms with E-state index in [1.165, 1.54) is 25.7 Å². The van der Waals surface area contributed by atoms with Crippen molar-refractivity contribution in [3.8, 4) is 0 Å². The molecule has 0 aromatic rings. The molecule has 0 aliphatic heterocycles. The first-order chi connectivity index (χ1) is 26.4. The van der Waals surface area contributed by atoms with Gasteiger partial charge in [0.05, 0.1) is 0 Å². The standard InChI is InChI=1S/C24H40O3.C24H38O3/c2*1-3-5-6-7-8-9-10-11-12-13-14-15-16-17-18-19-20-21-22-27-23(4-2)24(25)26/h8-9,11-12,14-15,17-18,23H,3-7,10,13,16,19-22H2,1-2H3,(H,25,26);5-6,8-9,11-12,14-15,17-18,23H,3-4,7,10,13,16,19-22H2,1-2H3,(H,25,26)/b9-8-,12-11-,15-14-,18-17-;6-5-,9-8-,12-11-,15-14-,18-17-. The molecule has 6 nitrogen and oxygen atoms in total. The molecule has 0 heterocycles. The third-order valence-electron chi connectivity index (χ3n) is 8.08. The van der Waals surface area contributed by atoms with Crippen molar-refractivity contribution < 1.29 is 29.3 Å². The SMILES string of the molecule is CC/C=C\C/C=C\C/C=C\C/C=C\C/C=C\CCCCOC(CC)C(=O)O.CCCCC/C=C\C/C=C\C/C=C\C/C=C\CCCCOC(CC)C(=O)O. The molecule has 0 saturated carbocycles. The highest BCUT2D eigenvalue weighted by molar-refractivity contribution is 5.72. The summed E-state index contributed by atoms with van der Waals surface area (Å²) in [6.45, 7) is 9.09. The van der Waals surface area contributed by atoms with Gasteiger partial charge in [0.2, 0.25) is 0 Å². The molecule has 2 atom stereocenters. The lowest BCUT2D eigenvalue weighted by Gasteiger charge is -2.10. The number of carbonyl (C=O) groups is 2. The zero-order valence-electron chi connectivity index (χ0n) is 34.6.